The minimum absolute atomic E-state index is 0.118. The zero-order valence-corrected chi connectivity index (χ0v) is 18.4. The summed E-state index contributed by atoms with van der Waals surface area (Å²) in [6.45, 7) is 3.86. The molecule has 2 rings (SSSR count). The van der Waals surface area contributed by atoms with Crippen molar-refractivity contribution in [2.75, 3.05) is 26.2 Å². The SMILES string of the molecule is C[C@@H](OCC(=O)NCCCCCC(=O)OCc1ccccc1)[C@H](N)C(=O)N1CCCC1. The molecule has 0 aromatic heterocycles. The number of nitrogens with two attached hydrogens (primary N) is 1. The molecule has 0 bridgehead atoms. The molecule has 8 nitrogen and oxygen atoms in total. The minimum atomic E-state index is -0.757. The Hall–Kier alpha value is -2.45. The quantitative estimate of drug-likeness (QED) is 0.362. The van der Waals surface area contributed by atoms with Crippen molar-refractivity contribution in [3.8, 4) is 0 Å². The molecule has 0 saturated carbocycles. The van der Waals surface area contributed by atoms with Crippen LogP contribution < -0.4 is 11.1 Å². The zero-order valence-electron chi connectivity index (χ0n) is 18.4. The molecule has 0 unspecified atom stereocenters. The van der Waals surface area contributed by atoms with Crippen LogP contribution in [0.25, 0.3) is 0 Å². The van der Waals surface area contributed by atoms with Gasteiger partial charge in [-0.1, -0.05) is 36.8 Å². The first kappa shape index (κ1) is 24.8. The van der Waals surface area contributed by atoms with Gasteiger partial charge in [0.05, 0.1) is 6.10 Å². The first-order chi connectivity index (χ1) is 15.0. The van der Waals surface area contributed by atoms with Crippen LogP contribution in [0.2, 0.25) is 0 Å². The largest absolute Gasteiger partial charge is 0.461 e. The van der Waals surface area contributed by atoms with Gasteiger partial charge in [-0.05, 0) is 38.2 Å². The number of unbranched alkanes of at least 4 members (excludes halogenated alkanes) is 2. The average Bonchev–Trinajstić information content (AvgIpc) is 3.33. The number of rotatable bonds is 13. The number of carbonyl (C=O) groups is 3. The van der Waals surface area contributed by atoms with E-state index in [0.717, 1.165) is 44.3 Å². The number of carbonyl (C=O) groups excluding carboxylic acids is 3. The summed E-state index contributed by atoms with van der Waals surface area (Å²) in [4.78, 5) is 37.7. The lowest BCUT2D eigenvalue weighted by Crippen LogP contribution is -2.49. The Morgan fingerprint density at radius 2 is 1.81 bits per heavy atom. The fourth-order valence-corrected chi connectivity index (χ4v) is 3.32. The Bertz CT molecular complexity index is 692. The van der Waals surface area contributed by atoms with E-state index in [0.29, 0.717) is 26.0 Å². The van der Waals surface area contributed by atoms with E-state index in [-0.39, 0.29) is 24.4 Å². The van der Waals surface area contributed by atoms with Gasteiger partial charge in [0.25, 0.3) is 0 Å². The van der Waals surface area contributed by atoms with Gasteiger partial charge in [0, 0.05) is 26.1 Å². The van der Waals surface area contributed by atoms with Gasteiger partial charge in [-0.15, -0.1) is 0 Å². The van der Waals surface area contributed by atoms with E-state index >= 15 is 0 Å². The molecular weight excluding hydrogens is 398 g/mol. The van der Waals surface area contributed by atoms with Crippen LogP contribution in [-0.4, -0.2) is 61.1 Å². The third-order valence-electron chi connectivity index (χ3n) is 5.31. The number of nitrogens with zero attached hydrogens (tertiary/aromatic N) is 1. The molecule has 31 heavy (non-hydrogen) atoms. The lowest BCUT2D eigenvalue weighted by Gasteiger charge is -2.24. The molecule has 1 fully saturated rings. The van der Waals surface area contributed by atoms with Crippen molar-refractivity contribution in [3.05, 3.63) is 35.9 Å². The van der Waals surface area contributed by atoms with Crippen LogP contribution in [0.1, 0.15) is 51.0 Å². The third kappa shape index (κ3) is 9.48. The van der Waals surface area contributed by atoms with E-state index < -0.39 is 12.1 Å². The summed E-state index contributed by atoms with van der Waals surface area (Å²) in [6, 6.07) is 8.81. The summed E-state index contributed by atoms with van der Waals surface area (Å²) in [6.07, 6.45) is 4.14. The number of amides is 2. The highest BCUT2D eigenvalue weighted by Gasteiger charge is 2.28. The van der Waals surface area contributed by atoms with Gasteiger partial charge >= 0.3 is 5.97 Å². The van der Waals surface area contributed by atoms with Crippen LogP contribution in [0.15, 0.2) is 30.3 Å². The Labute approximate surface area is 184 Å². The van der Waals surface area contributed by atoms with Crippen molar-refractivity contribution < 1.29 is 23.9 Å². The van der Waals surface area contributed by atoms with Crippen molar-refractivity contribution in [1.82, 2.24) is 10.2 Å². The van der Waals surface area contributed by atoms with Crippen LogP contribution in [-0.2, 0) is 30.5 Å². The lowest BCUT2D eigenvalue weighted by atomic mass is 10.1. The van der Waals surface area contributed by atoms with Gasteiger partial charge < -0.3 is 25.4 Å². The first-order valence-electron chi connectivity index (χ1n) is 11.1. The van der Waals surface area contributed by atoms with Gasteiger partial charge in [-0.2, -0.15) is 0 Å². The summed E-state index contributed by atoms with van der Waals surface area (Å²) in [5.41, 5.74) is 6.94. The molecule has 1 aromatic carbocycles. The number of hydrogen-bond donors (Lipinski definition) is 2. The van der Waals surface area contributed by atoms with Crippen LogP contribution in [0.5, 0.6) is 0 Å². The molecular formula is C23H35N3O5. The molecule has 0 spiro atoms. The number of hydrogen-bond acceptors (Lipinski definition) is 6. The van der Waals surface area contributed by atoms with E-state index in [2.05, 4.69) is 5.32 Å². The number of esters is 1. The highest BCUT2D eigenvalue weighted by molar-refractivity contribution is 5.82. The van der Waals surface area contributed by atoms with Gasteiger partial charge in [0.2, 0.25) is 11.8 Å². The Balaban J connectivity index is 1.47. The van der Waals surface area contributed by atoms with Gasteiger partial charge in [0.15, 0.2) is 0 Å². The average molecular weight is 434 g/mol. The number of nitrogens with one attached hydrogen (secondary N) is 1. The molecule has 1 aromatic rings. The molecule has 1 aliphatic rings. The molecule has 1 heterocycles. The monoisotopic (exact) mass is 433 g/mol. The molecule has 0 radical (unpaired) electrons. The van der Waals surface area contributed by atoms with Crippen molar-refractivity contribution in [2.45, 2.75) is 64.2 Å². The Morgan fingerprint density at radius 1 is 1.10 bits per heavy atom. The highest BCUT2D eigenvalue weighted by atomic mass is 16.5. The van der Waals surface area contributed by atoms with Gasteiger partial charge in [0.1, 0.15) is 19.3 Å². The Kier molecular flexibility index (Phi) is 11.0. The predicted octanol–water partition coefficient (Wildman–Crippen LogP) is 1.76. The van der Waals surface area contributed by atoms with Crippen LogP contribution >= 0.6 is 0 Å². The molecule has 3 N–H and O–H groups in total. The summed E-state index contributed by atoms with van der Waals surface area (Å²) >= 11 is 0. The summed E-state index contributed by atoms with van der Waals surface area (Å²) in [5.74, 6) is -0.572. The molecule has 172 valence electrons. The van der Waals surface area contributed by atoms with E-state index in [1.807, 2.05) is 30.3 Å². The minimum Gasteiger partial charge on any atom is -0.461 e. The van der Waals surface area contributed by atoms with Gasteiger partial charge in [-0.3, -0.25) is 14.4 Å². The summed E-state index contributed by atoms with van der Waals surface area (Å²) in [5, 5.41) is 2.78. The molecule has 8 heteroatoms. The van der Waals surface area contributed by atoms with Crippen molar-refractivity contribution in [1.29, 1.82) is 0 Å². The van der Waals surface area contributed by atoms with Gasteiger partial charge in [-0.25, -0.2) is 0 Å². The number of benzene rings is 1. The summed E-state index contributed by atoms with van der Waals surface area (Å²) < 4.78 is 10.7. The van der Waals surface area contributed by atoms with Crippen molar-refractivity contribution in [2.24, 2.45) is 5.73 Å². The summed E-state index contributed by atoms with van der Waals surface area (Å²) in [7, 11) is 0. The fraction of sp³-hybridized carbons (Fsp3) is 0.609. The molecule has 2 atom stereocenters. The normalized spacial score (nSPS) is 15.4. The molecule has 0 aliphatic carbocycles. The lowest BCUT2D eigenvalue weighted by molar-refractivity contribution is -0.145. The van der Waals surface area contributed by atoms with E-state index in [9.17, 15) is 14.4 Å². The number of likely N-dealkylation sites (tertiary alicyclic amines) is 1. The molecule has 1 aliphatic heterocycles. The zero-order chi connectivity index (χ0) is 22.5. The van der Waals surface area contributed by atoms with Crippen LogP contribution in [0.4, 0.5) is 0 Å². The maximum absolute atomic E-state index is 12.3. The van der Waals surface area contributed by atoms with E-state index in [1.165, 1.54) is 0 Å². The highest BCUT2D eigenvalue weighted by Crippen LogP contribution is 2.11. The Morgan fingerprint density at radius 3 is 2.52 bits per heavy atom. The smallest absolute Gasteiger partial charge is 0.306 e. The second-order valence-electron chi connectivity index (χ2n) is 7.88. The predicted molar refractivity (Wildman–Crippen MR) is 117 cm³/mol. The second-order valence-corrected chi connectivity index (χ2v) is 7.88. The van der Waals surface area contributed by atoms with E-state index in [1.54, 1.807) is 11.8 Å². The van der Waals surface area contributed by atoms with Crippen molar-refractivity contribution >= 4 is 17.8 Å². The van der Waals surface area contributed by atoms with Crippen LogP contribution in [0, 0.1) is 0 Å². The molecule has 1 saturated heterocycles. The van der Waals surface area contributed by atoms with E-state index in [4.69, 9.17) is 15.2 Å². The number of ether oxygens (including phenoxy) is 2. The van der Waals surface area contributed by atoms with Crippen molar-refractivity contribution in [3.63, 3.8) is 0 Å². The molecule has 2 amide bonds. The first-order valence-corrected chi connectivity index (χ1v) is 11.1. The maximum Gasteiger partial charge on any atom is 0.306 e. The van der Waals surface area contributed by atoms with Crippen LogP contribution in [0.3, 0.4) is 0 Å². The topological polar surface area (TPSA) is 111 Å². The standard InChI is InChI=1S/C23H35N3O5/c1-18(22(24)23(29)26-14-8-9-15-26)30-17-20(27)25-13-7-3-6-12-21(28)31-16-19-10-4-2-5-11-19/h2,4-5,10-11,18,22H,3,6-9,12-17,24H2,1H3,(H,25,27)/t18-,22+/m1/s1. The second kappa shape index (κ2) is 13.8. The maximum atomic E-state index is 12.3. The third-order valence-corrected chi connectivity index (χ3v) is 5.31. The fourth-order valence-electron chi connectivity index (χ4n) is 3.32.